The second kappa shape index (κ2) is 7.87. The molecule has 0 bridgehead atoms. The average Bonchev–Trinajstić information content (AvgIpc) is 3.30. The lowest BCUT2D eigenvalue weighted by molar-refractivity contribution is -0.146. The lowest BCUT2D eigenvalue weighted by Gasteiger charge is -2.24. The Morgan fingerprint density at radius 1 is 1.61 bits per heavy atom. The van der Waals surface area contributed by atoms with E-state index in [1.807, 2.05) is 0 Å². The standard InChI is InChI=1S/C17H18FN5O5/c1-3-17(8-24,27-2)6-7-23-9-19-12-13(21-16(18)22-14(12)23)20-15(26)10-4-5-11(25)28-10/h1,9-10,24H,4-8H2,2H3,(H,20,21,22,26)/t10-,17?/m1/s1. The Morgan fingerprint density at radius 3 is 3.00 bits per heavy atom. The molecule has 0 aromatic carbocycles. The third-order valence-electron chi connectivity index (χ3n) is 4.52. The topological polar surface area (TPSA) is 128 Å². The number of aliphatic hydroxyl groups excluding tert-OH is 1. The van der Waals surface area contributed by atoms with Crippen LogP contribution in [0, 0.1) is 18.4 Å². The van der Waals surface area contributed by atoms with E-state index >= 15 is 0 Å². The molecule has 1 aliphatic heterocycles. The zero-order valence-electron chi connectivity index (χ0n) is 15.0. The molecule has 0 aliphatic carbocycles. The Hall–Kier alpha value is -3.10. The molecule has 10 nitrogen and oxygen atoms in total. The molecule has 2 atom stereocenters. The average molecular weight is 391 g/mol. The quantitative estimate of drug-likeness (QED) is 0.384. The van der Waals surface area contributed by atoms with Crippen molar-refractivity contribution in [1.29, 1.82) is 0 Å². The normalized spacial score (nSPS) is 18.5. The number of nitrogens with zero attached hydrogens (tertiary/aromatic N) is 4. The predicted molar refractivity (Wildman–Crippen MR) is 93.3 cm³/mol. The van der Waals surface area contributed by atoms with Crippen molar-refractivity contribution >= 4 is 28.9 Å². The number of hydrogen-bond acceptors (Lipinski definition) is 8. The fourth-order valence-electron chi connectivity index (χ4n) is 2.80. The van der Waals surface area contributed by atoms with Crippen LogP contribution in [0.15, 0.2) is 6.33 Å². The Balaban J connectivity index is 1.83. The van der Waals surface area contributed by atoms with E-state index in [1.165, 1.54) is 18.0 Å². The van der Waals surface area contributed by atoms with Gasteiger partial charge in [0.1, 0.15) is 0 Å². The van der Waals surface area contributed by atoms with E-state index in [0.29, 0.717) is 0 Å². The molecule has 1 aliphatic rings. The summed E-state index contributed by atoms with van der Waals surface area (Å²) >= 11 is 0. The summed E-state index contributed by atoms with van der Waals surface area (Å²) in [5.74, 6) is 1.18. The maximum Gasteiger partial charge on any atom is 0.312 e. The molecule has 1 amide bonds. The number of fused-ring (bicyclic) bond motifs is 1. The van der Waals surface area contributed by atoms with Crippen LogP contribution in [0.25, 0.3) is 11.2 Å². The van der Waals surface area contributed by atoms with Gasteiger partial charge >= 0.3 is 12.0 Å². The SMILES string of the molecule is C#CC(CO)(CCn1cnc2c(NC(=O)[C@H]3CCC(=O)O3)nc(F)nc21)OC. The molecule has 28 heavy (non-hydrogen) atoms. The van der Waals surface area contributed by atoms with Gasteiger partial charge in [0, 0.05) is 32.9 Å². The maximum absolute atomic E-state index is 13.9. The Bertz CT molecular complexity index is 949. The molecule has 2 aromatic heterocycles. The van der Waals surface area contributed by atoms with Gasteiger partial charge in [-0.3, -0.25) is 9.59 Å². The molecule has 0 saturated carbocycles. The predicted octanol–water partition coefficient (Wildman–Crippen LogP) is 0.0103. The zero-order chi connectivity index (χ0) is 20.3. The number of halogens is 1. The van der Waals surface area contributed by atoms with Crippen LogP contribution in [0.5, 0.6) is 0 Å². The number of carbonyl (C=O) groups is 2. The Morgan fingerprint density at radius 2 is 2.39 bits per heavy atom. The number of methoxy groups -OCH3 is 1. The van der Waals surface area contributed by atoms with Gasteiger partial charge in [-0.05, 0) is 0 Å². The highest BCUT2D eigenvalue weighted by Crippen LogP contribution is 2.23. The number of imidazole rings is 1. The lowest BCUT2D eigenvalue weighted by atomic mass is 10.0. The number of aryl methyl sites for hydroxylation is 1. The number of hydrogen-bond donors (Lipinski definition) is 2. The lowest BCUT2D eigenvalue weighted by Crippen LogP contribution is -2.35. The molecule has 0 radical (unpaired) electrons. The summed E-state index contributed by atoms with van der Waals surface area (Å²) in [6, 6.07) is 0. The van der Waals surface area contributed by atoms with Gasteiger partial charge < -0.3 is 24.5 Å². The number of rotatable bonds is 7. The molecule has 0 spiro atoms. The number of cyclic esters (lactones) is 1. The van der Waals surface area contributed by atoms with Gasteiger partial charge in [0.15, 0.2) is 28.7 Å². The number of aliphatic hydroxyl groups is 1. The summed E-state index contributed by atoms with van der Waals surface area (Å²) in [4.78, 5) is 34.8. The van der Waals surface area contributed by atoms with Gasteiger partial charge in [0.05, 0.1) is 12.9 Å². The number of ether oxygens (including phenoxy) is 2. The van der Waals surface area contributed by atoms with Crippen LogP contribution in [0.2, 0.25) is 0 Å². The minimum atomic E-state index is -1.19. The monoisotopic (exact) mass is 391 g/mol. The summed E-state index contributed by atoms with van der Waals surface area (Å²) in [6.07, 6.45) is 5.39. The summed E-state index contributed by atoms with van der Waals surface area (Å²) in [6.45, 7) is -0.170. The van der Waals surface area contributed by atoms with Gasteiger partial charge in [-0.1, -0.05) is 5.92 Å². The van der Waals surface area contributed by atoms with Crippen LogP contribution in [-0.4, -0.2) is 61.9 Å². The van der Waals surface area contributed by atoms with Crippen LogP contribution in [0.4, 0.5) is 10.2 Å². The fraction of sp³-hybridized carbons (Fsp3) is 0.471. The number of carbonyl (C=O) groups excluding carboxylic acids is 2. The van der Waals surface area contributed by atoms with Crippen LogP contribution in [-0.2, 0) is 25.6 Å². The van der Waals surface area contributed by atoms with Gasteiger partial charge in [-0.25, -0.2) is 4.98 Å². The number of esters is 1. The minimum Gasteiger partial charge on any atom is -0.452 e. The van der Waals surface area contributed by atoms with E-state index in [2.05, 4.69) is 26.2 Å². The Kier molecular flexibility index (Phi) is 5.53. The molecule has 3 heterocycles. The molecule has 1 saturated heterocycles. The summed E-state index contributed by atoms with van der Waals surface area (Å²) in [7, 11) is 1.38. The van der Waals surface area contributed by atoms with Crippen molar-refractivity contribution < 1.29 is 28.6 Å². The van der Waals surface area contributed by atoms with Crippen LogP contribution in [0.3, 0.4) is 0 Å². The molecule has 11 heteroatoms. The third-order valence-corrected chi connectivity index (χ3v) is 4.52. The second-order valence-corrected chi connectivity index (χ2v) is 6.21. The first-order chi connectivity index (χ1) is 13.4. The van der Waals surface area contributed by atoms with Crippen LogP contribution in [0.1, 0.15) is 19.3 Å². The molecular weight excluding hydrogens is 373 g/mol. The second-order valence-electron chi connectivity index (χ2n) is 6.21. The number of terminal acetylenes is 1. The van der Waals surface area contributed by atoms with Crippen LogP contribution < -0.4 is 5.32 Å². The molecule has 2 aromatic rings. The van der Waals surface area contributed by atoms with Gasteiger partial charge in [0.25, 0.3) is 5.91 Å². The smallest absolute Gasteiger partial charge is 0.312 e. The van der Waals surface area contributed by atoms with E-state index < -0.39 is 36.3 Å². The first-order valence-electron chi connectivity index (χ1n) is 8.44. The first kappa shape index (κ1) is 19.7. The van der Waals surface area contributed by atoms with E-state index in [-0.39, 0.29) is 42.8 Å². The van der Waals surface area contributed by atoms with Gasteiger partial charge in [0.2, 0.25) is 0 Å². The number of amides is 1. The highest BCUT2D eigenvalue weighted by molar-refractivity contribution is 6.00. The molecule has 148 valence electrons. The molecule has 3 rings (SSSR count). The number of anilines is 1. The molecular formula is C17H18FN5O5. The largest absolute Gasteiger partial charge is 0.452 e. The van der Waals surface area contributed by atoms with Gasteiger partial charge in [-0.15, -0.1) is 6.42 Å². The first-order valence-corrected chi connectivity index (χ1v) is 8.44. The van der Waals surface area contributed by atoms with Crippen molar-refractivity contribution in [3.63, 3.8) is 0 Å². The van der Waals surface area contributed by atoms with Gasteiger partial charge in [-0.2, -0.15) is 14.4 Å². The van der Waals surface area contributed by atoms with Crippen LogP contribution >= 0.6 is 0 Å². The third kappa shape index (κ3) is 3.78. The maximum atomic E-state index is 13.9. The summed E-state index contributed by atoms with van der Waals surface area (Å²) < 4.78 is 25.5. The van der Waals surface area contributed by atoms with Crippen molar-refractivity contribution in [3.8, 4) is 12.3 Å². The summed E-state index contributed by atoms with van der Waals surface area (Å²) in [5.41, 5.74) is -0.899. The van der Waals surface area contributed by atoms with E-state index in [4.69, 9.17) is 15.9 Å². The molecule has 1 unspecified atom stereocenters. The summed E-state index contributed by atoms with van der Waals surface area (Å²) in [5, 5.41) is 11.9. The van der Waals surface area contributed by atoms with Crippen molar-refractivity contribution in [2.24, 2.45) is 0 Å². The van der Waals surface area contributed by atoms with Crippen molar-refractivity contribution in [2.75, 3.05) is 19.0 Å². The van der Waals surface area contributed by atoms with Crippen molar-refractivity contribution in [2.45, 2.75) is 37.5 Å². The highest BCUT2D eigenvalue weighted by Gasteiger charge is 2.31. The minimum absolute atomic E-state index is 0.131. The zero-order valence-corrected chi connectivity index (χ0v) is 15.0. The van der Waals surface area contributed by atoms with Crippen molar-refractivity contribution in [3.05, 3.63) is 12.4 Å². The van der Waals surface area contributed by atoms with E-state index in [9.17, 15) is 19.1 Å². The Labute approximate surface area is 159 Å². The molecule has 1 fully saturated rings. The number of nitrogens with one attached hydrogen (secondary N) is 1. The fourth-order valence-corrected chi connectivity index (χ4v) is 2.80. The number of aromatic nitrogens is 4. The van der Waals surface area contributed by atoms with E-state index in [0.717, 1.165) is 0 Å². The van der Waals surface area contributed by atoms with E-state index in [1.54, 1.807) is 0 Å². The molecule has 2 N–H and O–H groups in total. The highest BCUT2D eigenvalue weighted by atomic mass is 19.1. The van der Waals surface area contributed by atoms with Crippen molar-refractivity contribution in [1.82, 2.24) is 19.5 Å².